The minimum atomic E-state index is -0.253. The molecule has 2 aromatic carbocycles. The van der Waals surface area contributed by atoms with Gasteiger partial charge in [-0.3, -0.25) is 4.90 Å². The van der Waals surface area contributed by atoms with E-state index >= 15 is 0 Å². The summed E-state index contributed by atoms with van der Waals surface area (Å²) in [5, 5.41) is 0. The van der Waals surface area contributed by atoms with Gasteiger partial charge in [-0.1, -0.05) is 18.2 Å². The van der Waals surface area contributed by atoms with Crippen LogP contribution in [0, 0.1) is 5.82 Å². The Morgan fingerprint density at radius 1 is 1.00 bits per heavy atom. The third-order valence-corrected chi connectivity index (χ3v) is 3.27. The van der Waals surface area contributed by atoms with Gasteiger partial charge < -0.3 is 9.47 Å². The zero-order valence-corrected chi connectivity index (χ0v) is 13.1. The third-order valence-electron chi connectivity index (χ3n) is 3.27. The molecule has 0 amide bonds. The zero-order chi connectivity index (χ0) is 15.8. The van der Waals surface area contributed by atoms with E-state index in [1.807, 2.05) is 32.2 Å². The predicted octanol–water partition coefficient (Wildman–Crippen LogP) is 3.74. The van der Waals surface area contributed by atoms with Crippen LogP contribution in [0.15, 0.2) is 48.5 Å². The van der Waals surface area contributed by atoms with Crippen LogP contribution in [-0.2, 0) is 6.54 Å². The lowest BCUT2D eigenvalue weighted by molar-refractivity contribution is 0.229. The van der Waals surface area contributed by atoms with E-state index < -0.39 is 0 Å². The lowest BCUT2D eigenvalue weighted by atomic mass is 10.2. The lowest BCUT2D eigenvalue weighted by Gasteiger charge is -2.19. The van der Waals surface area contributed by atoms with E-state index in [2.05, 4.69) is 11.0 Å². The second kappa shape index (κ2) is 8.39. The van der Waals surface area contributed by atoms with Crippen LogP contribution in [-0.4, -0.2) is 31.7 Å². The molecule has 0 aliphatic rings. The molecule has 22 heavy (non-hydrogen) atoms. The molecule has 0 unspecified atom stereocenters. The van der Waals surface area contributed by atoms with Crippen LogP contribution in [0.5, 0.6) is 11.5 Å². The maximum atomic E-state index is 12.8. The van der Waals surface area contributed by atoms with Crippen molar-refractivity contribution in [2.24, 2.45) is 0 Å². The summed E-state index contributed by atoms with van der Waals surface area (Å²) in [6.45, 7) is 4.77. The molecule has 2 rings (SSSR count). The Hall–Kier alpha value is -2.07. The molecule has 0 aliphatic heterocycles. The normalized spacial score (nSPS) is 10.7. The molecule has 0 spiro atoms. The van der Waals surface area contributed by atoms with Gasteiger partial charge in [0.15, 0.2) is 0 Å². The molecular formula is C18H22FNO2. The summed E-state index contributed by atoms with van der Waals surface area (Å²) >= 11 is 0. The molecule has 0 aromatic heterocycles. The highest BCUT2D eigenvalue weighted by molar-refractivity contribution is 5.33. The minimum absolute atomic E-state index is 0.253. The number of rotatable bonds is 8. The van der Waals surface area contributed by atoms with E-state index in [0.717, 1.165) is 24.4 Å². The zero-order valence-electron chi connectivity index (χ0n) is 13.1. The summed E-state index contributed by atoms with van der Waals surface area (Å²) in [4.78, 5) is 2.17. The summed E-state index contributed by atoms with van der Waals surface area (Å²) in [5.41, 5.74) is 1.16. The monoisotopic (exact) mass is 303 g/mol. The second-order valence-corrected chi connectivity index (χ2v) is 5.08. The van der Waals surface area contributed by atoms with Crippen molar-refractivity contribution in [3.8, 4) is 11.5 Å². The van der Waals surface area contributed by atoms with Crippen LogP contribution in [0.25, 0.3) is 0 Å². The first-order chi connectivity index (χ1) is 10.7. The Labute approximate surface area is 131 Å². The number of ether oxygens (including phenoxy) is 2. The van der Waals surface area contributed by atoms with Gasteiger partial charge in [-0.25, -0.2) is 4.39 Å². The van der Waals surface area contributed by atoms with Crippen molar-refractivity contribution in [2.75, 3.05) is 26.8 Å². The van der Waals surface area contributed by atoms with E-state index in [1.165, 1.54) is 12.1 Å². The van der Waals surface area contributed by atoms with Gasteiger partial charge in [0.05, 0.1) is 6.61 Å². The first-order valence-electron chi connectivity index (χ1n) is 7.46. The van der Waals surface area contributed by atoms with Gasteiger partial charge in [0, 0.05) is 18.7 Å². The van der Waals surface area contributed by atoms with E-state index in [4.69, 9.17) is 9.47 Å². The van der Waals surface area contributed by atoms with Crippen molar-refractivity contribution in [1.82, 2.24) is 4.90 Å². The molecule has 0 saturated carbocycles. The molecule has 0 atom stereocenters. The van der Waals surface area contributed by atoms with Crippen molar-refractivity contribution in [3.05, 3.63) is 59.9 Å². The number of halogens is 1. The van der Waals surface area contributed by atoms with Gasteiger partial charge in [0.25, 0.3) is 0 Å². The summed E-state index contributed by atoms with van der Waals surface area (Å²) in [7, 11) is 2.04. The summed E-state index contributed by atoms with van der Waals surface area (Å²) in [6.07, 6.45) is 0. The Bertz CT molecular complexity index is 572. The number of hydrogen-bond acceptors (Lipinski definition) is 3. The third kappa shape index (κ3) is 5.04. The van der Waals surface area contributed by atoms with Crippen LogP contribution < -0.4 is 9.47 Å². The predicted molar refractivity (Wildman–Crippen MR) is 85.8 cm³/mol. The van der Waals surface area contributed by atoms with Gasteiger partial charge >= 0.3 is 0 Å². The van der Waals surface area contributed by atoms with Gasteiger partial charge in [0.1, 0.15) is 23.9 Å². The SMILES string of the molecule is CCOc1ccccc1CN(C)CCOc1ccc(F)cc1. The molecule has 0 aliphatic carbocycles. The summed E-state index contributed by atoms with van der Waals surface area (Å²) in [5.74, 6) is 1.36. The van der Waals surface area contributed by atoms with Crippen molar-refractivity contribution in [2.45, 2.75) is 13.5 Å². The van der Waals surface area contributed by atoms with Gasteiger partial charge in [-0.05, 0) is 44.3 Å². The first kappa shape index (κ1) is 16.3. The quantitative estimate of drug-likeness (QED) is 0.741. The molecule has 0 N–H and O–H groups in total. The number of hydrogen-bond donors (Lipinski definition) is 0. The number of para-hydroxylation sites is 1. The number of benzene rings is 2. The van der Waals surface area contributed by atoms with Crippen LogP contribution in [0.4, 0.5) is 4.39 Å². The Balaban J connectivity index is 1.80. The van der Waals surface area contributed by atoms with E-state index in [-0.39, 0.29) is 5.82 Å². The fourth-order valence-corrected chi connectivity index (χ4v) is 2.15. The van der Waals surface area contributed by atoms with Crippen molar-refractivity contribution in [1.29, 1.82) is 0 Å². The standard InChI is InChI=1S/C18H22FNO2/c1-3-21-18-7-5-4-6-15(18)14-20(2)12-13-22-17-10-8-16(19)9-11-17/h4-11H,3,12-14H2,1-2H3. The summed E-state index contributed by atoms with van der Waals surface area (Å²) in [6, 6.07) is 14.1. The van der Waals surface area contributed by atoms with Crippen molar-refractivity contribution in [3.63, 3.8) is 0 Å². The average molecular weight is 303 g/mol. The van der Waals surface area contributed by atoms with Crippen LogP contribution in [0.3, 0.4) is 0 Å². The van der Waals surface area contributed by atoms with Crippen LogP contribution in [0.2, 0.25) is 0 Å². The molecule has 3 nitrogen and oxygen atoms in total. The largest absolute Gasteiger partial charge is 0.494 e. The van der Waals surface area contributed by atoms with Crippen molar-refractivity contribution < 1.29 is 13.9 Å². The smallest absolute Gasteiger partial charge is 0.123 e. The first-order valence-corrected chi connectivity index (χ1v) is 7.46. The topological polar surface area (TPSA) is 21.7 Å². The van der Waals surface area contributed by atoms with E-state index in [0.29, 0.717) is 19.0 Å². The molecule has 0 radical (unpaired) electrons. The van der Waals surface area contributed by atoms with Gasteiger partial charge in [-0.2, -0.15) is 0 Å². The number of likely N-dealkylation sites (N-methyl/N-ethyl adjacent to an activating group) is 1. The highest BCUT2D eigenvalue weighted by atomic mass is 19.1. The van der Waals surface area contributed by atoms with Gasteiger partial charge in [0.2, 0.25) is 0 Å². The van der Waals surface area contributed by atoms with Crippen molar-refractivity contribution >= 4 is 0 Å². The lowest BCUT2D eigenvalue weighted by Crippen LogP contribution is -2.24. The molecule has 4 heteroatoms. The molecule has 0 heterocycles. The Morgan fingerprint density at radius 3 is 2.45 bits per heavy atom. The maximum absolute atomic E-state index is 12.8. The maximum Gasteiger partial charge on any atom is 0.123 e. The molecule has 0 fully saturated rings. The van der Waals surface area contributed by atoms with E-state index in [9.17, 15) is 4.39 Å². The minimum Gasteiger partial charge on any atom is -0.494 e. The van der Waals surface area contributed by atoms with Crippen LogP contribution >= 0.6 is 0 Å². The van der Waals surface area contributed by atoms with Gasteiger partial charge in [-0.15, -0.1) is 0 Å². The molecule has 0 saturated heterocycles. The number of nitrogens with zero attached hydrogens (tertiary/aromatic N) is 1. The Kier molecular flexibility index (Phi) is 6.22. The average Bonchev–Trinajstić information content (AvgIpc) is 2.51. The molecule has 118 valence electrons. The summed E-state index contributed by atoms with van der Waals surface area (Å²) < 4.78 is 24.0. The fourth-order valence-electron chi connectivity index (χ4n) is 2.15. The molecule has 2 aromatic rings. The Morgan fingerprint density at radius 2 is 1.73 bits per heavy atom. The molecule has 0 bridgehead atoms. The fraction of sp³-hybridized carbons (Fsp3) is 0.333. The highest BCUT2D eigenvalue weighted by Crippen LogP contribution is 2.19. The molecular weight excluding hydrogens is 281 g/mol. The highest BCUT2D eigenvalue weighted by Gasteiger charge is 2.06. The van der Waals surface area contributed by atoms with E-state index in [1.54, 1.807) is 12.1 Å². The van der Waals surface area contributed by atoms with Crippen LogP contribution in [0.1, 0.15) is 12.5 Å². The second-order valence-electron chi connectivity index (χ2n) is 5.08.